The molecule has 2 heterocycles. The fourth-order valence-electron chi connectivity index (χ4n) is 2.90. The third kappa shape index (κ3) is 5.52. The first-order valence-corrected chi connectivity index (χ1v) is 10.8. The van der Waals surface area contributed by atoms with Crippen molar-refractivity contribution in [2.75, 3.05) is 13.1 Å². The Balaban J connectivity index is 1.78. The molecule has 1 aliphatic rings. The average molecular weight is 389 g/mol. The summed E-state index contributed by atoms with van der Waals surface area (Å²) < 4.78 is 26.8. The molecule has 1 amide bonds. The summed E-state index contributed by atoms with van der Waals surface area (Å²) in [6.07, 6.45) is 4.44. The van der Waals surface area contributed by atoms with E-state index in [-0.39, 0.29) is 16.5 Å². The number of carbonyl (C=O) groups excluding carboxylic acids is 1. The topological polar surface area (TPSA) is 104 Å². The van der Waals surface area contributed by atoms with Crippen molar-refractivity contribution >= 4 is 33.2 Å². The van der Waals surface area contributed by atoms with E-state index in [1.54, 1.807) is 17.5 Å². The first kappa shape index (κ1) is 19.9. The number of nitrogens with zero attached hydrogens (tertiary/aromatic N) is 1. The SMILES string of the molecule is O=C(O)CCCCCCNC(=O)C1CCCN1S(=O)(=O)c1cccs1. The van der Waals surface area contributed by atoms with E-state index < -0.39 is 22.0 Å². The summed E-state index contributed by atoms with van der Waals surface area (Å²) >= 11 is 1.16. The molecule has 0 bridgehead atoms. The van der Waals surface area contributed by atoms with Crippen molar-refractivity contribution in [3.05, 3.63) is 17.5 Å². The molecule has 7 nitrogen and oxygen atoms in total. The number of thiophene rings is 1. The summed E-state index contributed by atoms with van der Waals surface area (Å²) in [7, 11) is -3.60. The van der Waals surface area contributed by atoms with Crippen molar-refractivity contribution in [3.63, 3.8) is 0 Å². The number of carbonyl (C=O) groups is 2. The fraction of sp³-hybridized carbons (Fsp3) is 0.625. The molecule has 0 spiro atoms. The van der Waals surface area contributed by atoms with Gasteiger partial charge in [0.25, 0.3) is 10.0 Å². The first-order chi connectivity index (χ1) is 11.9. The van der Waals surface area contributed by atoms with E-state index in [4.69, 9.17) is 5.11 Å². The highest BCUT2D eigenvalue weighted by atomic mass is 32.2. The Morgan fingerprint density at radius 2 is 2.04 bits per heavy atom. The third-order valence-corrected chi connectivity index (χ3v) is 7.46. The number of hydrogen-bond acceptors (Lipinski definition) is 5. The highest BCUT2D eigenvalue weighted by Gasteiger charge is 2.39. The molecular formula is C16H24N2O5S2. The summed E-state index contributed by atoms with van der Waals surface area (Å²) in [6.45, 7) is 0.850. The van der Waals surface area contributed by atoms with Gasteiger partial charge < -0.3 is 10.4 Å². The summed E-state index contributed by atoms with van der Waals surface area (Å²) in [6, 6.07) is 2.61. The standard InChI is InChI=1S/C16H24N2O5S2/c19-14(20)8-3-1-2-4-10-17-16(21)13-7-5-11-18(13)25(22,23)15-9-6-12-24-15/h6,9,12-13H,1-5,7-8,10-11H2,(H,17,21)(H,19,20). The zero-order valence-electron chi connectivity index (χ0n) is 14.0. The van der Waals surface area contributed by atoms with Crippen LogP contribution >= 0.6 is 11.3 Å². The normalized spacial score (nSPS) is 18.3. The maximum absolute atomic E-state index is 12.6. The number of carboxylic acids is 1. The van der Waals surface area contributed by atoms with Gasteiger partial charge in [-0.1, -0.05) is 18.9 Å². The number of hydrogen-bond donors (Lipinski definition) is 2. The Bertz CT molecular complexity index is 673. The molecule has 1 saturated heterocycles. The molecular weight excluding hydrogens is 364 g/mol. The Kier molecular flexibility index (Phi) is 7.39. The molecule has 25 heavy (non-hydrogen) atoms. The fourth-order valence-corrected chi connectivity index (χ4v) is 5.68. The summed E-state index contributed by atoms with van der Waals surface area (Å²) in [5.74, 6) is -1.04. The summed E-state index contributed by atoms with van der Waals surface area (Å²) in [5.41, 5.74) is 0. The molecule has 9 heteroatoms. The van der Waals surface area contributed by atoms with Gasteiger partial charge in [0.05, 0.1) is 0 Å². The van der Waals surface area contributed by atoms with Crippen LogP contribution in [-0.4, -0.2) is 48.8 Å². The summed E-state index contributed by atoms with van der Waals surface area (Å²) in [5, 5.41) is 13.1. The Morgan fingerprint density at radius 3 is 2.72 bits per heavy atom. The van der Waals surface area contributed by atoms with Crippen molar-refractivity contribution < 1.29 is 23.1 Å². The van der Waals surface area contributed by atoms with E-state index in [1.807, 2.05) is 0 Å². The van der Waals surface area contributed by atoms with Gasteiger partial charge in [-0.3, -0.25) is 9.59 Å². The lowest BCUT2D eigenvalue weighted by Gasteiger charge is -2.22. The smallest absolute Gasteiger partial charge is 0.303 e. The van der Waals surface area contributed by atoms with Crippen LogP contribution in [0.3, 0.4) is 0 Å². The molecule has 140 valence electrons. The second kappa shape index (κ2) is 9.30. The van der Waals surface area contributed by atoms with Gasteiger partial charge in [-0.15, -0.1) is 11.3 Å². The second-order valence-corrected chi connectivity index (χ2v) is 9.12. The quantitative estimate of drug-likeness (QED) is 0.597. The predicted octanol–water partition coefficient (Wildman–Crippen LogP) is 2.05. The Hall–Kier alpha value is -1.45. The van der Waals surface area contributed by atoms with Gasteiger partial charge in [0.2, 0.25) is 5.91 Å². The number of carboxylic acid groups (broad SMARTS) is 1. The highest BCUT2D eigenvalue weighted by Crippen LogP contribution is 2.28. The van der Waals surface area contributed by atoms with Crippen LogP contribution in [0.25, 0.3) is 0 Å². The van der Waals surface area contributed by atoms with Crippen molar-refractivity contribution in [2.45, 2.75) is 55.2 Å². The number of aliphatic carboxylic acids is 1. The van der Waals surface area contributed by atoms with Crippen molar-refractivity contribution in [2.24, 2.45) is 0 Å². The molecule has 0 aromatic carbocycles. The van der Waals surface area contributed by atoms with Gasteiger partial charge in [-0.25, -0.2) is 8.42 Å². The molecule has 1 aromatic heterocycles. The molecule has 2 N–H and O–H groups in total. The van der Waals surface area contributed by atoms with Crippen LogP contribution in [0.5, 0.6) is 0 Å². The average Bonchev–Trinajstić information content (AvgIpc) is 3.25. The molecule has 1 fully saturated rings. The maximum Gasteiger partial charge on any atom is 0.303 e. The molecule has 0 saturated carbocycles. The monoisotopic (exact) mass is 388 g/mol. The minimum Gasteiger partial charge on any atom is -0.481 e. The van der Waals surface area contributed by atoms with Crippen molar-refractivity contribution in [3.8, 4) is 0 Å². The van der Waals surface area contributed by atoms with Gasteiger partial charge >= 0.3 is 5.97 Å². The zero-order valence-corrected chi connectivity index (χ0v) is 15.7. The van der Waals surface area contributed by atoms with Gasteiger partial charge in [0.15, 0.2) is 0 Å². The number of nitrogens with one attached hydrogen (secondary N) is 1. The lowest BCUT2D eigenvalue weighted by molar-refractivity contribution is -0.137. The molecule has 1 atom stereocenters. The van der Waals surface area contributed by atoms with Crippen LogP contribution in [0.2, 0.25) is 0 Å². The molecule has 0 aliphatic carbocycles. The van der Waals surface area contributed by atoms with Crippen molar-refractivity contribution in [1.29, 1.82) is 0 Å². The molecule has 2 rings (SSSR count). The van der Waals surface area contributed by atoms with E-state index >= 15 is 0 Å². The largest absolute Gasteiger partial charge is 0.481 e. The summed E-state index contributed by atoms with van der Waals surface area (Å²) in [4.78, 5) is 22.8. The highest BCUT2D eigenvalue weighted by molar-refractivity contribution is 7.91. The van der Waals surface area contributed by atoms with E-state index in [1.165, 1.54) is 4.31 Å². The molecule has 1 unspecified atom stereocenters. The molecule has 0 radical (unpaired) electrons. The number of unbranched alkanes of at least 4 members (excludes halogenated alkanes) is 3. The Labute approximate surface area is 152 Å². The van der Waals surface area contributed by atoms with Crippen LogP contribution in [0, 0.1) is 0 Å². The van der Waals surface area contributed by atoms with E-state index in [9.17, 15) is 18.0 Å². The van der Waals surface area contributed by atoms with Crippen LogP contribution in [0.1, 0.15) is 44.9 Å². The zero-order chi connectivity index (χ0) is 18.3. The lowest BCUT2D eigenvalue weighted by Crippen LogP contribution is -2.45. The molecule has 1 aromatic rings. The number of rotatable bonds is 10. The number of amides is 1. The van der Waals surface area contributed by atoms with Crippen LogP contribution in [-0.2, 0) is 19.6 Å². The van der Waals surface area contributed by atoms with Gasteiger partial charge in [-0.05, 0) is 37.1 Å². The molecule has 1 aliphatic heterocycles. The van der Waals surface area contributed by atoms with E-state index in [2.05, 4.69) is 5.32 Å². The predicted molar refractivity (Wildman–Crippen MR) is 95.0 cm³/mol. The first-order valence-electron chi connectivity index (χ1n) is 8.48. The second-order valence-electron chi connectivity index (χ2n) is 6.05. The van der Waals surface area contributed by atoms with Gasteiger partial charge in [0, 0.05) is 19.5 Å². The van der Waals surface area contributed by atoms with Crippen LogP contribution < -0.4 is 5.32 Å². The minimum atomic E-state index is -3.60. The lowest BCUT2D eigenvalue weighted by atomic mass is 10.1. The van der Waals surface area contributed by atoms with Gasteiger partial charge in [-0.2, -0.15) is 4.31 Å². The van der Waals surface area contributed by atoms with Crippen LogP contribution in [0.4, 0.5) is 0 Å². The van der Waals surface area contributed by atoms with Gasteiger partial charge in [0.1, 0.15) is 10.3 Å². The third-order valence-electron chi connectivity index (χ3n) is 4.18. The number of sulfonamides is 1. The maximum atomic E-state index is 12.6. The van der Waals surface area contributed by atoms with Crippen molar-refractivity contribution in [1.82, 2.24) is 9.62 Å². The van der Waals surface area contributed by atoms with E-state index in [0.717, 1.165) is 30.6 Å². The van der Waals surface area contributed by atoms with Crippen LogP contribution in [0.15, 0.2) is 21.7 Å². The minimum absolute atomic E-state index is 0.171. The van der Waals surface area contributed by atoms with E-state index in [0.29, 0.717) is 32.4 Å². The Morgan fingerprint density at radius 1 is 1.28 bits per heavy atom.